The Morgan fingerprint density at radius 2 is 2.13 bits per heavy atom. The van der Waals surface area contributed by atoms with Crippen molar-refractivity contribution < 1.29 is 9.90 Å². The number of para-hydroxylation sites is 1. The number of hydrogen-bond acceptors (Lipinski definition) is 2. The quantitative estimate of drug-likeness (QED) is 0.828. The van der Waals surface area contributed by atoms with E-state index in [0.29, 0.717) is 6.42 Å². The van der Waals surface area contributed by atoms with E-state index in [1.54, 1.807) is 6.20 Å². The van der Waals surface area contributed by atoms with Gasteiger partial charge in [0.15, 0.2) is 0 Å². The fraction of sp³-hybridized carbons (Fsp3) is 0.167. The molecule has 76 valence electrons. The highest BCUT2D eigenvalue weighted by atomic mass is 16.4. The molecule has 1 N–H and O–H groups in total. The van der Waals surface area contributed by atoms with Gasteiger partial charge in [-0.3, -0.25) is 9.78 Å². The molecule has 1 aromatic carbocycles. The normalized spacial score (nSPS) is 10.4. The molecule has 0 unspecified atom stereocenters. The molecule has 3 nitrogen and oxygen atoms in total. The second kappa shape index (κ2) is 4.09. The van der Waals surface area contributed by atoms with Gasteiger partial charge in [-0.15, -0.1) is 0 Å². The zero-order valence-electron chi connectivity index (χ0n) is 8.18. The first-order chi connectivity index (χ1) is 7.25. The molecule has 0 saturated heterocycles. The van der Waals surface area contributed by atoms with E-state index in [4.69, 9.17) is 5.11 Å². The van der Waals surface area contributed by atoms with Crippen LogP contribution in [0.3, 0.4) is 0 Å². The summed E-state index contributed by atoms with van der Waals surface area (Å²) in [6, 6.07) is 9.80. The summed E-state index contributed by atoms with van der Waals surface area (Å²) in [4.78, 5) is 14.7. The molecule has 0 bridgehead atoms. The van der Waals surface area contributed by atoms with E-state index in [0.717, 1.165) is 16.5 Å². The van der Waals surface area contributed by atoms with E-state index < -0.39 is 5.97 Å². The number of rotatable bonds is 3. The van der Waals surface area contributed by atoms with Crippen LogP contribution in [0.15, 0.2) is 36.5 Å². The van der Waals surface area contributed by atoms with Crippen LogP contribution in [0.25, 0.3) is 10.9 Å². The number of aliphatic carboxylic acids is 1. The Labute approximate surface area is 87.4 Å². The number of benzene rings is 1. The zero-order chi connectivity index (χ0) is 10.7. The SMILES string of the molecule is O=C(O)CCc1cnc2ccccc2c1. The van der Waals surface area contributed by atoms with Crippen molar-refractivity contribution in [1.29, 1.82) is 0 Å². The number of fused-ring (bicyclic) bond motifs is 1. The molecule has 2 rings (SSSR count). The summed E-state index contributed by atoms with van der Waals surface area (Å²) in [5.74, 6) is -0.775. The highest BCUT2D eigenvalue weighted by molar-refractivity contribution is 5.78. The second-order valence-electron chi connectivity index (χ2n) is 3.43. The third-order valence-electron chi connectivity index (χ3n) is 2.27. The zero-order valence-corrected chi connectivity index (χ0v) is 8.18. The molecule has 0 amide bonds. The van der Waals surface area contributed by atoms with E-state index in [1.807, 2.05) is 30.3 Å². The topological polar surface area (TPSA) is 50.2 Å². The van der Waals surface area contributed by atoms with Crippen LogP contribution in [0, 0.1) is 0 Å². The molecule has 1 aromatic heterocycles. The van der Waals surface area contributed by atoms with Gasteiger partial charge < -0.3 is 5.11 Å². The number of carbonyl (C=O) groups is 1. The van der Waals surface area contributed by atoms with Crippen LogP contribution in [0.5, 0.6) is 0 Å². The van der Waals surface area contributed by atoms with Crippen LogP contribution in [0.2, 0.25) is 0 Å². The molecule has 0 atom stereocenters. The minimum Gasteiger partial charge on any atom is -0.481 e. The van der Waals surface area contributed by atoms with Crippen LogP contribution < -0.4 is 0 Å². The van der Waals surface area contributed by atoms with E-state index >= 15 is 0 Å². The molecule has 15 heavy (non-hydrogen) atoms. The van der Waals surface area contributed by atoms with Gasteiger partial charge in [0.05, 0.1) is 5.52 Å². The van der Waals surface area contributed by atoms with Gasteiger partial charge in [0.25, 0.3) is 0 Å². The first-order valence-electron chi connectivity index (χ1n) is 4.81. The van der Waals surface area contributed by atoms with Gasteiger partial charge in [-0.05, 0) is 24.1 Å². The molecule has 0 spiro atoms. The number of pyridine rings is 1. The van der Waals surface area contributed by atoms with Crippen molar-refractivity contribution in [2.45, 2.75) is 12.8 Å². The van der Waals surface area contributed by atoms with Gasteiger partial charge in [-0.2, -0.15) is 0 Å². The Bertz CT molecular complexity index is 494. The fourth-order valence-electron chi connectivity index (χ4n) is 1.50. The second-order valence-corrected chi connectivity index (χ2v) is 3.43. The van der Waals surface area contributed by atoms with Crippen molar-refractivity contribution in [3.05, 3.63) is 42.1 Å². The maximum atomic E-state index is 10.4. The highest BCUT2D eigenvalue weighted by Crippen LogP contribution is 2.13. The van der Waals surface area contributed by atoms with Crippen LogP contribution in [-0.2, 0) is 11.2 Å². The third-order valence-corrected chi connectivity index (χ3v) is 2.27. The number of nitrogens with zero attached hydrogens (tertiary/aromatic N) is 1. The Morgan fingerprint density at radius 3 is 2.93 bits per heavy atom. The van der Waals surface area contributed by atoms with Crippen LogP contribution >= 0.6 is 0 Å². The predicted octanol–water partition coefficient (Wildman–Crippen LogP) is 2.25. The van der Waals surface area contributed by atoms with Crippen molar-refractivity contribution >= 4 is 16.9 Å². The van der Waals surface area contributed by atoms with Gasteiger partial charge in [-0.25, -0.2) is 0 Å². The smallest absolute Gasteiger partial charge is 0.303 e. The Balaban J connectivity index is 2.26. The Morgan fingerprint density at radius 1 is 1.33 bits per heavy atom. The number of carboxylic acids is 1. The van der Waals surface area contributed by atoms with Crippen LogP contribution in [0.1, 0.15) is 12.0 Å². The molecule has 0 aliphatic carbocycles. The maximum Gasteiger partial charge on any atom is 0.303 e. The Kier molecular flexibility index (Phi) is 2.63. The molecule has 0 fully saturated rings. The van der Waals surface area contributed by atoms with E-state index in [-0.39, 0.29) is 6.42 Å². The lowest BCUT2D eigenvalue weighted by atomic mass is 10.1. The van der Waals surface area contributed by atoms with E-state index in [2.05, 4.69) is 4.98 Å². The molecular weight excluding hydrogens is 190 g/mol. The average Bonchev–Trinajstić information content (AvgIpc) is 2.26. The standard InChI is InChI=1S/C12H11NO2/c14-12(15)6-5-9-7-10-3-1-2-4-11(10)13-8-9/h1-4,7-8H,5-6H2,(H,14,15). The monoisotopic (exact) mass is 201 g/mol. The van der Waals surface area contributed by atoms with Crippen molar-refractivity contribution in [2.24, 2.45) is 0 Å². The summed E-state index contributed by atoms with van der Waals surface area (Å²) in [5.41, 5.74) is 1.91. The minimum atomic E-state index is -0.775. The summed E-state index contributed by atoms with van der Waals surface area (Å²) in [6.07, 6.45) is 2.43. The summed E-state index contributed by atoms with van der Waals surface area (Å²) in [5, 5.41) is 9.62. The first-order valence-corrected chi connectivity index (χ1v) is 4.81. The first kappa shape index (κ1) is 9.65. The predicted molar refractivity (Wildman–Crippen MR) is 57.7 cm³/mol. The largest absolute Gasteiger partial charge is 0.481 e. The van der Waals surface area contributed by atoms with E-state index in [1.165, 1.54) is 0 Å². The van der Waals surface area contributed by atoms with Crippen molar-refractivity contribution in [3.8, 4) is 0 Å². The van der Waals surface area contributed by atoms with E-state index in [9.17, 15) is 4.79 Å². The van der Waals surface area contributed by atoms with Gasteiger partial charge >= 0.3 is 5.97 Å². The lowest BCUT2D eigenvalue weighted by Gasteiger charge is -2.00. The van der Waals surface area contributed by atoms with Gasteiger partial charge in [0.1, 0.15) is 0 Å². The van der Waals surface area contributed by atoms with Crippen LogP contribution in [-0.4, -0.2) is 16.1 Å². The van der Waals surface area contributed by atoms with Gasteiger partial charge in [0, 0.05) is 18.0 Å². The summed E-state index contributed by atoms with van der Waals surface area (Å²) >= 11 is 0. The molecular formula is C12H11NO2. The lowest BCUT2D eigenvalue weighted by molar-refractivity contribution is -0.136. The molecule has 0 aliphatic rings. The molecule has 0 saturated carbocycles. The molecule has 3 heteroatoms. The fourth-order valence-corrected chi connectivity index (χ4v) is 1.50. The summed E-state index contributed by atoms with van der Waals surface area (Å²) in [6.45, 7) is 0. The molecule has 0 radical (unpaired) electrons. The number of aromatic nitrogens is 1. The third kappa shape index (κ3) is 2.31. The van der Waals surface area contributed by atoms with Crippen LogP contribution in [0.4, 0.5) is 0 Å². The molecule has 1 heterocycles. The minimum absolute atomic E-state index is 0.153. The molecule has 2 aromatic rings. The highest BCUT2D eigenvalue weighted by Gasteiger charge is 2.00. The average molecular weight is 201 g/mol. The Hall–Kier alpha value is -1.90. The van der Waals surface area contributed by atoms with Crippen molar-refractivity contribution in [2.75, 3.05) is 0 Å². The van der Waals surface area contributed by atoms with Crippen molar-refractivity contribution in [3.63, 3.8) is 0 Å². The summed E-state index contributed by atoms with van der Waals surface area (Å²) < 4.78 is 0. The van der Waals surface area contributed by atoms with Gasteiger partial charge in [-0.1, -0.05) is 18.2 Å². The molecule has 0 aliphatic heterocycles. The number of aryl methyl sites for hydroxylation is 1. The summed E-state index contributed by atoms with van der Waals surface area (Å²) in [7, 11) is 0. The van der Waals surface area contributed by atoms with Crippen molar-refractivity contribution in [1.82, 2.24) is 4.98 Å². The maximum absolute atomic E-state index is 10.4. The number of hydrogen-bond donors (Lipinski definition) is 1. The lowest BCUT2D eigenvalue weighted by Crippen LogP contribution is -1.97. The van der Waals surface area contributed by atoms with Gasteiger partial charge in [0.2, 0.25) is 0 Å². The number of carboxylic acid groups (broad SMARTS) is 1.